The summed E-state index contributed by atoms with van der Waals surface area (Å²) in [6.07, 6.45) is 4.69. The molecule has 0 saturated heterocycles. The molecule has 2 aromatic heterocycles. The Morgan fingerprint density at radius 2 is 2.04 bits per heavy atom. The van der Waals surface area contributed by atoms with Crippen LogP contribution < -0.4 is 10.9 Å². The van der Waals surface area contributed by atoms with Crippen LogP contribution in [0.2, 0.25) is 0 Å². The number of carbonyl (C=O) groups is 1. The van der Waals surface area contributed by atoms with E-state index in [4.69, 9.17) is 4.98 Å². The first-order valence-electron chi connectivity index (χ1n) is 10.2. The number of hydrogen-bond donors (Lipinski definition) is 1. The summed E-state index contributed by atoms with van der Waals surface area (Å²) in [5.41, 5.74) is 1.04. The molecule has 1 fully saturated rings. The third-order valence-corrected chi connectivity index (χ3v) is 7.67. The van der Waals surface area contributed by atoms with Crippen LogP contribution in [0, 0.1) is 25.7 Å². The molecule has 3 rings (SSSR count). The quantitative estimate of drug-likeness (QED) is 0.550. The van der Waals surface area contributed by atoms with Gasteiger partial charge in [0.2, 0.25) is 5.91 Å². The molecule has 1 aliphatic rings. The van der Waals surface area contributed by atoms with Crippen molar-refractivity contribution in [2.75, 3.05) is 5.75 Å². The van der Waals surface area contributed by atoms with Gasteiger partial charge in [0, 0.05) is 17.5 Å². The number of rotatable bonds is 6. The van der Waals surface area contributed by atoms with E-state index in [1.165, 1.54) is 31.0 Å². The Hall–Kier alpha value is -1.34. The van der Waals surface area contributed by atoms with E-state index >= 15 is 0 Å². The zero-order chi connectivity index (χ0) is 20.4. The maximum absolute atomic E-state index is 13.1. The van der Waals surface area contributed by atoms with Crippen LogP contribution in [0.3, 0.4) is 0 Å². The number of aryl methyl sites for hydroxylation is 2. The van der Waals surface area contributed by atoms with Gasteiger partial charge in [-0.25, -0.2) is 4.98 Å². The average molecular weight is 422 g/mol. The molecule has 1 amide bonds. The molecule has 0 spiro atoms. The monoisotopic (exact) mass is 421 g/mol. The molecule has 0 unspecified atom stereocenters. The summed E-state index contributed by atoms with van der Waals surface area (Å²) in [6, 6.07) is 0.276. The van der Waals surface area contributed by atoms with Gasteiger partial charge in [0.15, 0.2) is 5.16 Å². The Bertz CT molecular complexity index is 916. The summed E-state index contributed by atoms with van der Waals surface area (Å²) < 4.78 is 1.76. The number of nitrogens with one attached hydrogen (secondary N) is 1. The Morgan fingerprint density at radius 3 is 2.71 bits per heavy atom. The molecule has 1 N–H and O–H groups in total. The smallest absolute Gasteiger partial charge is 0.263 e. The highest BCUT2D eigenvalue weighted by Crippen LogP contribution is 2.29. The topological polar surface area (TPSA) is 64.0 Å². The van der Waals surface area contributed by atoms with Crippen molar-refractivity contribution in [3.05, 3.63) is 20.8 Å². The molecule has 2 aromatic rings. The highest BCUT2D eigenvalue weighted by atomic mass is 32.2. The first-order chi connectivity index (χ1) is 13.3. The number of carbonyl (C=O) groups excluding carboxylic acids is 1. The number of amides is 1. The average Bonchev–Trinajstić information content (AvgIpc) is 2.92. The standard InChI is InChI=1S/C21H31N3O2S2/c1-12(2)10-24-20(26)18-14(4)15(5)28-19(18)23-21(24)27-11-17(25)22-16-9-7-6-8-13(16)3/h12-13,16H,6-11H2,1-5H3,(H,22,25)/t13-,16-/m0/s1. The largest absolute Gasteiger partial charge is 0.352 e. The Kier molecular flexibility index (Phi) is 6.86. The highest BCUT2D eigenvalue weighted by molar-refractivity contribution is 7.99. The van der Waals surface area contributed by atoms with E-state index in [1.807, 2.05) is 13.8 Å². The van der Waals surface area contributed by atoms with Crippen LogP contribution in [-0.4, -0.2) is 27.3 Å². The molecule has 1 saturated carbocycles. The van der Waals surface area contributed by atoms with Gasteiger partial charge in [-0.2, -0.15) is 0 Å². The minimum Gasteiger partial charge on any atom is -0.352 e. The molecule has 1 aliphatic carbocycles. The van der Waals surface area contributed by atoms with Crippen molar-refractivity contribution in [1.29, 1.82) is 0 Å². The lowest BCUT2D eigenvalue weighted by Gasteiger charge is -2.29. The first-order valence-corrected chi connectivity index (χ1v) is 12.0. The maximum Gasteiger partial charge on any atom is 0.263 e. The zero-order valence-electron chi connectivity index (χ0n) is 17.5. The van der Waals surface area contributed by atoms with Gasteiger partial charge in [-0.3, -0.25) is 14.2 Å². The molecule has 0 bridgehead atoms. The van der Waals surface area contributed by atoms with Gasteiger partial charge in [0.25, 0.3) is 5.56 Å². The molecule has 2 atom stereocenters. The van der Waals surface area contributed by atoms with E-state index in [9.17, 15) is 9.59 Å². The van der Waals surface area contributed by atoms with E-state index in [0.717, 1.165) is 27.1 Å². The maximum atomic E-state index is 13.1. The summed E-state index contributed by atoms with van der Waals surface area (Å²) in [5, 5.41) is 4.57. The second kappa shape index (κ2) is 8.99. The van der Waals surface area contributed by atoms with Gasteiger partial charge >= 0.3 is 0 Å². The van der Waals surface area contributed by atoms with Crippen LogP contribution in [0.1, 0.15) is 56.9 Å². The Labute approximate surface area is 175 Å². The van der Waals surface area contributed by atoms with Gasteiger partial charge in [-0.05, 0) is 44.1 Å². The second-order valence-corrected chi connectivity index (χ2v) is 10.5. The van der Waals surface area contributed by atoms with E-state index in [0.29, 0.717) is 29.3 Å². The van der Waals surface area contributed by atoms with Crippen molar-refractivity contribution in [2.24, 2.45) is 11.8 Å². The summed E-state index contributed by atoms with van der Waals surface area (Å²) in [7, 11) is 0. The minimum atomic E-state index is 0.0179. The third-order valence-electron chi connectivity index (χ3n) is 5.59. The fourth-order valence-corrected chi connectivity index (χ4v) is 5.74. The number of thioether (sulfide) groups is 1. The van der Waals surface area contributed by atoms with Crippen LogP contribution in [0.5, 0.6) is 0 Å². The second-order valence-electron chi connectivity index (χ2n) is 8.39. The first kappa shape index (κ1) is 21.4. The molecule has 0 aromatic carbocycles. The fraction of sp³-hybridized carbons (Fsp3) is 0.667. The summed E-state index contributed by atoms with van der Waals surface area (Å²) in [4.78, 5) is 32.3. The lowest BCUT2D eigenvalue weighted by Crippen LogP contribution is -2.42. The molecular weight excluding hydrogens is 390 g/mol. The fourth-order valence-electron chi connectivity index (χ4n) is 3.85. The number of hydrogen-bond acceptors (Lipinski definition) is 5. The number of nitrogens with zero attached hydrogens (tertiary/aromatic N) is 2. The van der Waals surface area contributed by atoms with Gasteiger partial charge in [0.1, 0.15) is 4.83 Å². The highest BCUT2D eigenvalue weighted by Gasteiger charge is 2.23. The normalized spacial score (nSPS) is 20.1. The third kappa shape index (κ3) is 4.62. The van der Waals surface area contributed by atoms with Gasteiger partial charge in [-0.1, -0.05) is 45.4 Å². The Morgan fingerprint density at radius 1 is 1.32 bits per heavy atom. The van der Waals surface area contributed by atoms with E-state index in [1.54, 1.807) is 15.9 Å². The number of aromatic nitrogens is 2. The minimum absolute atomic E-state index is 0.0179. The van der Waals surface area contributed by atoms with Gasteiger partial charge in [-0.15, -0.1) is 11.3 Å². The van der Waals surface area contributed by atoms with Gasteiger partial charge in [0.05, 0.1) is 11.1 Å². The predicted molar refractivity (Wildman–Crippen MR) is 118 cm³/mol. The molecule has 0 radical (unpaired) electrons. The summed E-state index contributed by atoms with van der Waals surface area (Å²) >= 11 is 2.94. The van der Waals surface area contributed by atoms with Crippen molar-refractivity contribution in [1.82, 2.24) is 14.9 Å². The van der Waals surface area contributed by atoms with Crippen molar-refractivity contribution < 1.29 is 4.79 Å². The molecular formula is C21H31N3O2S2. The van der Waals surface area contributed by atoms with Crippen LogP contribution in [0.25, 0.3) is 10.2 Å². The van der Waals surface area contributed by atoms with Crippen LogP contribution in [0.4, 0.5) is 0 Å². The van der Waals surface area contributed by atoms with E-state index in [2.05, 4.69) is 26.1 Å². The zero-order valence-corrected chi connectivity index (χ0v) is 19.1. The molecule has 0 aliphatic heterocycles. The van der Waals surface area contributed by atoms with Crippen LogP contribution in [-0.2, 0) is 11.3 Å². The lowest BCUT2D eigenvalue weighted by atomic mass is 9.86. The van der Waals surface area contributed by atoms with E-state index < -0.39 is 0 Å². The predicted octanol–water partition coefficient (Wildman–Crippen LogP) is 4.52. The lowest BCUT2D eigenvalue weighted by molar-refractivity contribution is -0.119. The van der Waals surface area contributed by atoms with E-state index in [-0.39, 0.29) is 17.5 Å². The summed E-state index contributed by atoms with van der Waals surface area (Å²) in [6.45, 7) is 11.0. The molecule has 154 valence electrons. The molecule has 28 heavy (non-hydrogen) atoms. The Balaban J connectivity index is 1.81. The summed E-state index contributed by atoms with van der Waals surface area (Å²) in [5.74, 6) is 1.19. The van der Waals surface area contributed by atoms with Crippen molar-refractivity contribution in [3.8, 4) is 0 Å². The molecule has 7 heteroatoms. The van der Waals surface area contributed by atoms with Crippen molar-refractivity contribution in [2.45, 2.75) is 78.0 Å². The molecule has 5 nitrogen and oxygen atoms in total. The van der Waals surface area contributed by atoms with Crippen molar-refractivity contribution in [3.63, 3.8) is 0 Å². The van der Waals surface area contributed by atoms with Crippen LogP contribution >= 0.6 is 23.1 Å². The van der Waals surface area contributed by atoms with Crippen molar-refractivity contribution >= 4 is 39.2 Å². The number of thiophene rings is 1. The molecule has 2 heterocycles. The van der Waals surface area contributed by atoms with Crippen LogP contribution in [0.15, 0.2) is 9.95 Å². The number of fused-ring (bicyclic) bond motifs is 1. The SMILES string of the molecule is Cc1sc2nc(SCC(=O)N[C@H]3CCCC[C@@H]3C)n(CC(C)C)c(=O)c2c1C. The van der Waals surface area contributed by atoms with Gasteiger partial charge < -0.3 is 5.32 Å².